The molecule has 1 fully saturated rings. The standard InChI is InChI=1S/C20H27N2OP/c1-21(15-17-7-5-4-6-8-17)19-13-14-22(16-19)18-9-11-20(12-10-18)24(2,3)23/h4-12,19H,13-16H2,1-3H3. The molecule has 0 amide bonds. The molecule has 2 aromatic rings. The van der Waals surface area contributed by atoms with Gasteiger partial charge in [-0.3, -0.25) is 4.90 Å². The molecule has 0 N–H and O–H groups in total. The van der Waals surface area contributed by atoms with E-state index in [1.807, 2.05) is 25.5 Å². The third-order valence-electron chi connectivity index (χ3n) is 4.90. The summed E-state index contributed by atoms with van der Waals surface area (Å²) >= 11 is 0. The maximum Gasteiger partial charge on any atom is 0.109 e. The van der Waals surface area contributed by atoms with Crippen molar-refractivity contribution in [3.63, 3.8) is 0 Å². The van der Waals surface area contributed by atoms with E-state index in [0.717, 1.165) is 24.9 Å². The van der Waals surface area contributed by atoms with Crippen LogP contribution < -0.4 is 10.2 Å². The van der Waals surface area contributed by atoms with E-state index < -0.39 is 7.14 Å². The normalized spacial score (nSPS) is 18.3. The second kappa shape index (κ2) is 7.13. The number of anilines is 1. The van der Waals surface area contributed by atoms with Crippen LogP contribution in [0.5, 0.6) is 0 Å². The quantitative estimate of drug-likeness (QED) is 0.775. The molecular weight excluding hydrogens is 315 g/mol. The van der Waals surface area contributed by atoms with Crippen molar-refractivity contribution in [3.05, 3.63) is 60.2 Å². The van der Waals surface area contributed by atoms with Crippen LogP contribution in [-0.2, 0) is 11.1 Å². The molecule has 0 aliphatic carbocycles. The van der Waals surface area contributed by atoms with Crippen LogP contribution in [0.2, 0.25) is 0 Å². The van der Waals surface area contributed by atoms with Crippen molar-refractivity contribution in [1.29, 1.82) is 0 Å². The maximum atomic E-state index is 12.1. The van der Waals surface area contributed by atoms with Crippen LogP contribution in [0.25, 0.3) is 0 Å². The van der Waals surface area contributed by atoms with Crippen LogP contribution in [0.3, 0.4) is 0 Å². The Balaban J connectivity index is 1.61. The van der Waals surface area contributed by atoms with Gasteiger partial charge in [0, 0.05) is 36.7 Å². The fourth-order valence-electron chi connectivity index (χ4n) is 3.36. The molecule has 0 radical (unpaired) electrons. The van der Waals surface area contributed by atoms with Crippen LogP contribution in [0, 0.1) is 0 Å². The largest absolute Gasteiger partial charge is 0.370 e. The summed E-state index contributed by atoms with van der Waals surface area (Å²) in [7, 11) is 0.0540. The number of hydrogen-bond donors (Lipinski definition) is 0. The molecule has 3 nitrogen and oxygen atoms in total. The Morgan fingerprint density at radius 3 is 2.38 bits per heavy atom. The summed E-state index contributed by atoms with van der Waals surface area (Å²) in [5.41, 5.74) is 2.60. The molecule has 0 saturated carbocycles. The zero-order valence-corrected chi connectivity index (χ0v) is 15.7. The van der Waals surface area contributed by atoms with Gasteiger partial charge in [-0.05, 0) is 56.6 Å². The minimum atomic E-state index is -2.16. The molecule has 3 rings (SSSR count). The summed E-state index contributed by atoms with van der Waals surface area (Å²) < 4.78 is 12.1. The lowest BCUT2D eigenvalue weighted by atomic mass is 10.1. The van der Waals surface area contributed by atoms with Gasteiger partial charge in [0.1, 0.15) is 7.14 Å². The van der Waals surface area contributed by atoms with Crippen LogP contribution in [0.15, 0.2) is 54.6 Å². The van der Waals surface area contributed by atoms with Gasteiger partial charge in [-0.2, -0.15) is 0 Å². The summed E-state index contributed by atoms with van der Waals surface area (Å²) in [6, 6.07) is 19.5. The Morgan fingerprint density at radius 1 is 1.08 bits per heavy atom. The van der Waals surface area contributed by atoms with Crippen LogP contribution in [-0.4, -0.2) is 44.4 Å². The predicted octanol–water partition coefficient (Wildman–Crippen LogP) is 3.65. The smallest absolute Gasteiger partial charge is 0.109 e. The van der Waals surface area contributed by atoms with E-state index in [0.29, 0.717) is 6.04 Å². The lowest BCUT2D eigenvalue weighted by molar-refractivity contribution is 0.250. The Morgan fingerprint density at radius 2 is 1.75 bits per heavy atom. The molecule has 0 bridgehead atoms. The molecule has 2 aromatic carbocycles. The number of rotatable bonds is 5. The molecule has 1 aliphatic heterocycles. The van der Waals surface area contributed by atoms with Crippen molar-refractivity contribution in [2.45, 2.75) is 19.0 Å². The molecule has 4 heteroatoms. The van der Waals surface area contributed by atoms with Gasteiger partial charge in [0.25, 0.3) is 0 Å². The number of nitrogens with zero attached hydrogens (tertiary/aromatic N) is 2. The van der Waals surface area contributed by atoms with Gasteiger partial charge < -0.3 is 9.46 Å². The first kappa shape index (κ1) is 17.3. The lowest BCUT2D eigenvalue weighted by Gasteiger charge is -2.25. The van der Waals surface area contributed by atoms with Gasteiger partial charge in [0.2, 0.25) is 0 Å². The van der Waals surface area contributed by atoms with E-state index in [-0.39, 0.29) is 0 Å². The summed E-state index contributed by atoms with van der Waals surface area (Å²) in [5, 5.41) is 0.961. The SMILES string of the molecule is CN(Cc1ccccc1)C1CCN(c2ccc(P(C)(C)=O)cc2)C1. The van der Waals surface area contributed by atoms with E-state index >= 15 is 0 Å². The Kier molecular flexibility index (Phi) is 5.12. The van der Waals surface area contributed by atoms with Gasteiger partial charge in [0.15, 0.2) is 0 Å². The molecule has 1 heterocycles. The Bertz CT molecular complexity index is 708. The van der Waals surface area contributed by atoms with Crippen LogP contribution >= 0.6 is 7.14 Å². The monoisotopic (exact) mass is 342 g/mol. The highest BCUT2D eigenvalue weighted by atomic mass is 31.2. The highest BCUT2D eigenvalue weighted by Crippen LogP contribution is 2.35. The third-order valence-corrected chi connectivity index (χ3v) is 6.44. The van der Waals surface area contributed by atoms with Gasteiger partial charge in [-0.25, -0.2) is 0 Å². The van der Waals surface area contributed by atoms with E-state index in [1.165, 1.54) is 17.7 Å². The van der Waals surface area contributed by atoms with Crippen molar-refractivity contribution in [2.75, 3.05) is 38.4 Å². The summed E-state index contributed by atoms with van der Waals surface area (Å²) in [6.07, 6.45) is 1.19. The van der Waals surface area contributed by atoms with Crippen molar-refractivity contribution < 1.29 is 4.57 Å². The van der Waals surface area contributed by atoms with Crippen molar-refractivity contribution in [1.82, 2.24) is 4.90 Å². The second-order valence-corrected chi connectivity index (χ2v) is 10.4. The summed E-state index contributed by atoms with van der Waals surface area (Å²) in [4.78, 5) is 4.89. The zero-order valence-electron chi connectivity index (χ0n) is 14.9. The fourth-order valence-corrected chi connectivity index (χ4v) is 4.23. The first-order valence-electron chi connectivity index (χ1n) is 8.58. The van der Waals surface area contributed by atoms with Crippen LogP contribution in [0.4, 0.5) is 5.69 Å². The average Bonchev–Trinajstić information content (AvgIpc) is 3.05. The number of hydrogen-bond acceptors (Lipinski definition) is 3. The first-order valence-corrected chi connectivity index (χ1v) is 11.2. The topological polar surface area (TPSA) is 23.6 Å². The average molecular weight is 342 g/mol. The van der Waals surface area contributed by atoms with E-state index in [1.54, 1.807) is 0 Å². The number of benzene rings is 2. The fraction of sp³-hybridized carbons (Fsp3) is 0.400. The molecule has 0 aromatic heterocycles. The summed E-state index contributed by atoms with van der Waals surface area (Å²) in [5.74, 6) is 0. The molecule has 1 unspecified atom stereocenters. The molecular formula is C20H27N2OP. The van der Waals surface area contributed by atoms with Gasteiger partial charge in [0.05, 0.1) is 0 Å². The van der Waals surface area contributed by atoms with Gasteiger partial charge in [-0.15, -0.1) is 0 Å². The molecule has 1 aliphatic rings. The Labute approximate surface area is 145 Å². The highest BCUT2D eigenvalue weighted by Gasteiger charge is 2.26. The molecule has 1 saturated heterocycles. The second-order valence-electron chi connectivity index (χ2n) is 7.16. The number of likely N-dealkylation sites (N-methyl/N-ethyl adjacent to an activating group) is 1. The molecule has 128 valence electrons. The maximum absolute atomic E-state index is 12.1. The zero-order chi connectivity index (χ0) is 17.2. The van der Waals surface area contributed by atoms with E-state index in [9.17, 15) is 4.57 Å². The van der Waals surface area contributed by atoms with Crippen LogP contribution in [0.1, 0.15) is 12.0 Å². The van der Waals surface area contributed by atoms with Gasteiger partial charge >= 0.3 is 0 Å². The molecule has 0 spiro atoms. The van der Waals surface area contributed by atoms with Crippen molar-refractivity contribution >= 4 is 18.1 Å². The predicted molar refractivity (Wildman–Crippen MR) is 104 cm³/mol. The van der Waals surface area contributed by atoms with E-state index in [2.05, 4.69) is 59.3 Å². The summed E-state index contributed by atoms with van der Waals surface area (Å²) in [6.45, 7) is 6.78. The van der Waals surface area contributed by atoms with Crippen molar-refractivity contribution in [2.24, 2.45) is 0 Å². The third kappa shape index (κ3) is 4.09. The van der Waals surface area contributed by atoms with E-state index in [4.69, 9.17) is 0 Å². The lowest BCUT2D eigenvalue weighted by Crippen LogP contribution is -2.34. The Hall–Kier alpha value is -1.57. The molecule has 1 atom stereocenters. The van der Waals surface area contributed by atoms with Crippen molar-refractivity contribution in [3.8, 4) is 0 Å². The first-order chi connectivity index (χ1) is 11.4. The minimum Gasteiger partial charge on any atom is -0.370 e. The van der Waals surface area contributed by atoms with Gasteiger partial charge in [-0.1, -0.05) is 30.3 Å². The molecule has 24 heavy (non-hydrogen) atoms. The minimum absolute atomic E-state index is 0.577. The highest BCUT2D eigenvalue weighted by molar-refractivity contribution is 7.70.